The third-order valence-corrected chi connectivity index (χ3v) is 4.74. The minimum Gasteiger partial charge on any atom is -0.345 e. The number of hydrogen-bond donors (Lipinski definition) is 1. The molecule has 1 amide bonds. The first kappa shape index (κ1) is 17.8. The highest BCUT2D eigenvalue weighted by Crippen LogP contribution is 2.28. The molecule has 0 bridgehead atoms. The summed E-state index contributed by atoms with van der Waals surface area (Å²) >= 11 is 0. The number of aromatic nitrogens is 4. The van der Waals surface area contributed by atoms with E-state index in [9.17, 15) is 4.79 Å². The van der Waals surface area contributed by atoms with E-state index in [1.54, 1.807) is 23.7 Å². The SMILES string of the molecule is CN(C)C(=O)c1ccc(Nc2cc3c(cn2)cc(-c2cnn(C)c2)n3C)cc1. The molecule has 0 fully saturated rings. The molecule has 0 unspecified atom stereocenters. The number of benzene rings is 1. The van der Waals surface area contributed by atoms with Crippen molar-refractivity contribution in [1.82, 2.24) is 24.2 Å². The van der Waals surface area contributed by atoms with Crippen LogP contribution < -0.4 is 5.32 Å². The molecule has 0 spiro atoms. The topological polar surface area (TPSA) is 68.0 Å². The molecule has 1 aromatic carbocycles. The van der Waals surface area contributed by atoms with Crippen LogP contribution in [0.2, 0.25) is 0 Å². The van der Waals surface area contributed by atoms with Crippen molar-refractivity contribution in [2.75, 3.05) is 19.4 Å². The Morgan fingerprint density at radius 2 is 1.82 bits per heavy atom. The van der Waals surface area contributed by atoms with E-state index in [1.165, 1.54) is 0 Å². The maximum atomic E-state index is 12.0. The molecule has 4 aromatic rings. The number of rotatable bonds is 4. The van der Waals surface area contributed by atoms with E-state index in [0.717, 1.165) is 33.7 Å². The maximum Gasteiger partial charge on any atom is 0.253 e. The van der Waals surface area contributed by atoms with Crippen molar-refractivity contribution in [3.05, 3.63) is 60.6 Å². The lowest BCUT2D eigenvalue weighted by Crippen LogP contribution is -2.21. The molecule has 0 aliphatic carbocycles. The van der Waals surface area contributed by atoms with Crippen molar-refractivity contribution < 1.29 is 4.79 Å². The van der Waals surface area contributed by atoms with Crippen LogP contribution in [0.3, 0.4) is 0 Å². The first-order valence-electron chi connectivity index (χ1n) is 8.95. The van der Waals surface area contributed by atoms with Crippen molar-refractivity contribution in [2.45, 2.75) is 0 Å². The molecule has 3 aromatic heterocycles. The summed E-state index contributed by atoms with van der Waals surface area (Å²) in [6.07, 6.45) is 5.72. The third-order valence-electron chi connectivity index (χ3n) is 4.74. The number of fused-ring (bicyclic) bond motifs is 1. The van der Waals surface area contributed by atoms with Gasteiger partial charge in [-0.2, -0.15) is 5.10 Å². The fourth-order valence-electron chi connectivity index (χ4n) is 3.23. The van der Waals surface area contributed by atoms with Crippen molar-refractivity contribution >= 4 is 28.3 Å². The minimum absolute atomic E-state index is 0.0159. The number of carbonyl (C=O) groups is 1. The lowest BCUT2D eigenvalue weighted by molar-refractivity contribution is 0.0827. The Kier molecular flexibility index (Phi) is 4.35. The van der Waals surface area contributed by atoms with Gasteiger partial charge in [-0.25, -0.2) is 4.98 Å². The molecule has 0 atom stereocenters. The van der Waals surface area contributed by atoms with E-state index in [2.05, 4.69) is 26.0 Å². The summed E-state index contributed by atoms with van der Waals surface area (Å²) in [5, 5.41) is 8.63. The predicted octanol–water partition coefficient (Wildman–Crippen LogP) is 3.42. The van der Waals surface area contributed by atoms with Gasteiger partial charge in [0.25, 0.3) is 5.91 Å². The molecule has 0 saturated heterocycles. The zero-order valence-corrected chi connectivity index (χ0v) is 16.3. The quantitative estimate of drug-likeness (QED) is 0.594. The summed E-state index contributed by atoms with van der Waals surface area (Å²) in [5.74, 6) is 0.732. The summed E-state index contributed by atoms with van der Waals surface area (Å²) < 4.78 is 3.93. The molecule has 1 N–H and O–H groups in total. The largest absolute Gasteiger partial charge is 0.345 e. The Balaban J connectivity index is 1.61. The van der Waals surface area contributed by atoms with Gasteiger partial charge < -0.3 is 14.8 Å². The number of hydrogen-bond acceptors (Lipinski definition) is 4. The van der Waals surface area contributed by atoms with Crippen LogP contribution in [0.1, 0.15) is 10.4 Å². The Bertz CT molecular complexity index is 1150. The van der Waals surface area contributed by atoms with Gasteiger partial charge in [0.1, 0.15) is 5.82 Å². The van der Waals surface area contributed by atoms with Gasteiger partial charge in [0.05, 0.1) is 17.4 Å². The van der Waals surface area contributed by atoms with E-state index >= 15 is 0 Å². The van der Waals surface area contributed by atoms with Crippen LogP contribution >= 0.6 is 0 Å². The summed E-state index contributed by atoms with van der Waals surface area (Å²) in [4.78, 5) is 18.1. The van der Waals surface area contributed by atoms with Gasteiger partial charge in [0.2, 0.25) is 0 Å². The number of anilines is 2. The van der Waals surface area contributed by atoms with E-state index < -0.39 is 0 Å². The molecular formula is C21H22N6O. The lowest BCUT2D eigenvalue weighted by atomic mass is 10.2. The first-order chi connectivity index (χ1) is 13.4. The van der Waals surface area contributed by atoms with Gasteiger partial charge in [0.15, 0.2) is 0 Å². The first-order valence-corrected chi connectivity index (χ1v) is 8.95. The molecule has 0 aliphatic rings. The molecular weight excluding hydrogens is 352 g/mol. The normalized spacial score (nSPS) is 11.0. The number of aryl methyl sites for hydroxylation is 2. The predicted molar refractivity (Wildman–Crippen MR) is 111 cm³/mol. The zero-order chi connectivity index (χ0) is 19.8. The maximum absolute atomic E-state index is 12.0. The Morgan fingerprint density at radius 3 is 2.46 bits per heavy atom. The number of amides is 1. The van der Waals surface area contributed by atoms with E-state index in [0.29, 0.717) is 5.56 Å². The average molecular weight is 374 g/mol. The van der Waals surface area contributed by atoms with Crippen LogP contribution in [0.15, 0.2) is 55.0 Å². The van der Waals surface area contributed by atoms with Gasteiger partial charge in [-0.05, 0) is 30.3 Å². The molecule has 0 radical (unpaired) electrons. The van der Waals surface area contributed by atoms with Crippen LogP contribution in [-0.4, -0.2) is 44.2 Å². The number of nitrogens with one attached hydrogen (secondary N) is 1. The summed E-state index contributed by atoms with van der Waals surface area (Å²) in [6, 6.07) is 11.5. The van der Waals surface area contributed by atoms with Crippen molar-refractivity contribution in [3.63, 3.8) is 0 Å². The Hall–Kier alpha value is -3.61. The summed E-state index contributed by atoms with van der Waals surface area (Å²) in [7, 11) is 7.43. The summed E-state index contributed by atoms with van der Waals surface area (Å²) in [5.41, 5.74) is 4.77. The fourth-order valence-corrected chi connectivity index (χ4v) is 3.23. The zero-order valence-electron chi connectivity index (χ0n) is 16.3. The second-order valence-corrected chi connectivity index (χ2v) is 7.02. The van der Waals surface area contributed by atoms with Crippen LogP contribution in [-0.2, 0) is 14.1 Å². The molecule has 142 valence electrons. The monoisotopic (exact) mass is 374 g/mol. The summed E-state index contributed by atoms with van der Waals surface area (Å²) in [6.45, 7) is 0. The Morgan fingerprint density at radius 1 is 1.07 bits per heavy atom. The van der Waals surface area contributed by atoms with Crippen molar-refractivity contribution in [1.29, 1.82) is 0 Å². The van der Waals surface area contributed by atoms with Crippen LogP contribution in [0.5, 0.6) is 0 Å². The van der Waals surface area contributed by atoms with Crippen molar-refractivity contribution in [2.24, 2.45) is 14.1 Å². The van der Waals surface area contributed by atoms with Gasteiger partial charge in [-0.1, -0.05) is 0 Å². The molecule has 7 nitrogen and oxygen atoms in total. The minimum atomic E-state index is -0.0159. The molecule has 0 aliphatic heterocycles. The fraction of sp³-hybridized carbons (Fsp3) is 0.190. The third kappa shape index (κ3) is 3.22. The van der Waals surface area contributed by atoms with E-state index in [-0.39, 0.29) is 5.91 Å². The Labute approximate surface area is 163 Å². The van der Waals surface area contributed by atoms with E-state index in [1.807, 2.05) is 63.0 Å². The smallest absolute Gasteiger partial charge is 0.253 e. The van der Waals surface area contributed by atoms with Gasteiger partial charge in [-0.3, -0.25) is 9.48 Å². The van der Waals surface area contributed by atoms with Gasteiger partial charge >= 0.3 is 0 Å². The van der Waals surface area contributed by atoms with Gasteiger partial charge in [0, 0.05) is 68.9 Å². The highest BCUT2D eigenvalue weighted by molar-refractivity contribution is 5.94. The second-order valence-electron chi connectivity index (χ2n) is 7.02. The van der Waals surface area contributed by atoms with E-state index in [4.69, 9.17) is 0 Å². The lowest BCUT2D eigenvalue weighted by Gasteiger charge is -2.11. The number of pyridine rings is 1. The average Bonchev–Trinajstić information content (AvgIpc) is 3.25. The molecule has 4 rings (SSSR count). The van der Waals surface area contributed by atoms with Crippen LogP contribution in [0, 0.1) is 0 Å². The molecule has 3 heterocycles. The highest BCUT2D eigenvalue weighted by atomic mass is 16.2. The van der Waals surface area contributed by atoms with Crippen LogP contribution in [0.25, 0.3) is 22.2 Å². The number of carbonyl (C=O) groups excluding carboxylic acids is 1. The highest BCUT2D eigenvalue weighted by Gasteiger charge is 2.11. The van der Waals surface area contributed by atoms with Gasteiger partial charge in [-0.15, -0.1) is 0 Å². The number of nitrogens with zero attached hydrogens (tertiary/aromatic N) is 5. The standard InChI is InChI=1S/C21H22N6O/c1-25(2)21(28)14-5-7-17(8-6-14)24-20-10-19-15(11-22-20)9-18(27(19)4)16-12-23-26(3)13-16/h5-13H,1-4H3,(H,22,24). The van der Waals surface area contributed by atoms with Crippen LogP contribution in [0.4, 0.5) is 11.5 Å². The molecule has 7 heteroatoms. The van der Waals surface area contributed by atoms with Crippen molar-refractivity contribution in [3.8, 4) is 11.3 Å². The molecule has 28 heavy (non-hydrogen) atoms. The molecule has 0 saturated carbocycles. The second kappa shape index (κ2) is 6.84.